The minimum atomic E-state index is -0.918. The summed E-state index contributed by atoms with van der Waals surface area (Å²) in [5, 5.41) is 5.49. The third-order valence-corrected chi connectivity index (χ3v) is 3.78. The van der Waals surface area contributed by atoms with Crippen LogP contribution in [0.25, 0.3) is 0 Å². The van der Waals surface area contributed by atoms with Crippen molar-refractivity contribution >= 4 is 11.3 Å². The number of hydrogen-bond acceptors (Lipinski definition) is 3. The van der Waals surface area contributed by atoms with Gasteiger partial charge < -0.3 is 5.32 Å². The topological polar surface area (TPSA) is 24.9 Å². The van der Waals surface area contributed by atoms with Crippen molar-refractivity contribution in [2.75, 3.05) is 7.05 Å². The lowest BCUT2D eigenvalue weighted by Crippen LogP contribution is -2.21. The first-order valence-corrected chi connectivity index (χ1v) is 6.62. The van der Waals surface area contributed by atoms with Crippen LogP contribution in [0, 0.1) is 24.4 Å². The maximum absolute atomic E-state index is 13.7. The quantitative estimate of drug-likeness (QED) is 0.932. The molecule has 6 heteroatoms. The van der Waals surface area contributed by atoms with Gasteiger partial charge in [-0.15, -0.1) is 11.3 Å². The molecule has 0 saturated carbocycles. The first-order chi connectivity index (χ1) is 9.01. The monoisotopic (exact) mass is 286 g/mol. The van der Waals surface area contributed by atoms with Gasteiger partial charge in [-0.3, -0.25) is 0 Å². The minimum Gasteiger partial charge on any atom is -0.312 e. The molecule has 0 amide bonds. The average molecular weight is 286 g/mol. The summed E-state index contributed by atoms with van der Waals surface area (Å²) in [6.45, 7) is 1.85. The number of halogens is 3. The predicted molar refractivity (Wildman–Crippen MR) is 68.7 cm³/mol. The standard InChI is InChI=1S/C13H13F3N2S/c1-7-6-19-12(18-7)5-11(17-2)13-9(15)3-8(14)4-10(13)16/h3-4,6,11,17H,5H2,1-2H3. The van der Waals surface area contributed by atoms with Crippen molar-refractivity contribution < 1.29 is 13.2 Å². The molecule has 102 valence electrons. The first-order valence-electron chi connectivity index (χ1n) is 5.74. The summed E-state index contributed by atoms with van der Waals surface area (Å²) in [6, 6.07) is 0.803. The Morgan fingerprint density at radius 3 is 2.37 bits per heavy atom. The molecule has 1 aromatic carbocycles. The third-order valence-electron chi connectivity index (χ3n) is 2.79. The van der Waals surface area contributed by atoms with Crippen molar-refractivity contribution in [3.8, 4) is 0 Å². The Balaban J connectivity index is 2.32. The van der Waals surface area contributed by atoms with Crippen LogP contribution in [0.3, 0.4) is 0 Å². The zero-order valence-corrected chi connectivity index (χ0v) is 11.3. The molecule has 2 aromatic rings. The number of nitrogens with one attached hydrogen (secondary N) is 1. The van der Waals surface area contributed by atoms with E-state index in [4.69, 9.17) is 0 Å². The highest BCUT2D eigenvalue weighted by Gasteiger charge is 2.21. The van der Waals surface area contributed by atoms with Crippen molar-refractivity contribution in [3.63, 3.8) is 0 Å². The Labute approximate surface area is 113 Å². The summed E-state index contributed by atoms with van der Waals surface area (Å²) in [5.41, 5.74) is 0.714. The second-order valence-electron chi connectivity index (χ2n) is 4.21. The Bertz CT molecular complexity index is 560. The van der Waals surface area contributed by atoms with Crippen molar-refractivity contribution in [1.29, 1.82) is 0 Å². The molecule has 1 heterocycles. The molecule has 1 atom stereocenters. The molecular weight excluding hydrogens is 273 g/mol. The largest absolute Gasteiger partial charge is 0.312 e. The molecule has 0 bridgehead atoms. The lowest BCUT2D eigenvalue weighted by Gasteiger charge is -2.17. The molecule has 0 fully saturated rings. The van der Waals surface area contributed by atoms with Crippen LogP contribution < -0.4 is 5.32 Å². The molecule has 0 aliphatic carbocycles. The van der Waals surface area contributed by atoms with Crippen LogP contribution in [0.1, 0.15) is 22.3 Å². The molecule has 0 radical (unpaired) electrons. The summed E-state index contributed by atoms with van der Waals surface area (Å²) in [6.07, 6.45) is 0.356. The van der Waals surface area contributed by atoms with Gasteiger partial charge in [0, 0.05) is 41.2 Å². The molecular formula is C13H13F3N2S. The first kappa shape index (κ1) is 14.0. The van der Waals surface area contributed by atoms with E-state index in [-0.39, 0.29) is 5.56 Å². The van der Waals surface area contributed by atoms with Crippen LogP contribution >= 0.6 is 11.3 Å². The van der Waals surface area contributed by atoms with Gasteiger partial charge >= 0.3 is 0 Å². The normalized spacial score (nSPS) is 12.7. The predicted octanol–water partition coefficient (Wildman–Crippen LogP) is 3.37. The zero-order chi connectivity index (χ0) is 14.0. The summed E-state index contributed by atoms with van der Waals surface area (Å²) < 4.78 is 40.3. The van der Waals surface area contributed by atoms with E-state index in [1.165, 1.54) is 11.3 Å². The van der Waals surface area contributed by atoms with E-state index in [0.29, 0.717) is 18.6 Å². The molecule has 1 aromatic heterocycles. The number of aryl methyl sites for hydroxylation is 1. The van der Waals surface area contributed by atoms with Gasteiger partial charge in [0.2, 0.25) is 0 Å². The Morgan fingerprint density at radius 2 is 1.89 bits per heavy atom. The van der Waals surface area contributed by atoms with Crippen molar-refractivity contribution in [1.82, 2.24) is 10.3 Å². The number of aromatic nitrogens is 1. The Kier molecular flexibility index (Phi) is 4.21. The smallest absolute Gasteiger partial charge is 0.133 e. The Hall–Kier alpha value is -1.40. The van der Waals surface area contributed by atoms with Gasteiger partial charge in [-0.05, 0) is 14.0 Å². The minimum absolute atomic E-state index is 0.156. The second kappa shape index (κ2) is 5.71. The van der Waals surface area contributed by atoms with Crippen LogP contribution in [0.4, 0.5) is 13.2 Å². The van der Waals surface area contributed by atoms with E-state index in [0.717, 1.165) is 10.7 Å². The molecule has 1 unspecified atom stereocenters. The zero-order valence-electron chi connectivity index (χ0n) is 10.5. The van der Waals surface area contributed by atoms with E-state index in [9.17, 15) is 13.2 Å². The lowest BCUT2D eigenvalue weighted by atomic mass is 10.0. The molecule has 19 heavy (non-hydrogen) atoms. The second-order valence-corrected chi connectivity index (χ2v) is 5.15. The van der Waals surface area contributed by atoms with Crippen LogP contribution in [0.15, 0.2) is 17.5 Å². The number of likely N-dealkylation sites (N-methyl/N-ethyl adjacent to an activating group) is 1. The maximum atomic E-state index is 13.7. The fourth-order valence-corrected chi connectivity index (χ4v) is 2.72. The number of thiazole rings is 1. The van der Waals surface area contributed by atoms with Crippen molar-refractivity contribution in [2.24, 2.45) is 0 Å². The molecule has 2 rings (SSSR count). The highest BCUT2D eigenvalue weighted by Crippen LogP contribution is 2.26. The molecule has 0 spiro atoms. The lowest BCUT2D eigenvalue weighted by molar-refractivity contribution is 0.474. The van der Waals surface area contributed by atoms with Crippen LogP contribution in [0.5, 0.6) is 0 Å². The molecule has 0 aliphatic heterocycles. The van der Waals surface area contributed by atoms with Gasteiger partial charge in [-0.2, -0.15) is 0 Å². The van der Waals surface area contributed by atoms with Gasteiger partial charge in [-0.1, -0.05) is 0 Å². The highest BCUT2D eigenvalue weighted by atomic mass is 32.1. The SMILES string of the molecule is CNC(Cc1nc(C)cs1)c1c(F)cc(F)cc1F. The number of hydrogen-bond donors (Lipinski definition) is 1. The summed E-state index contributed by atoms with van der Waals surface area (Å²) in [5.74, 6) is -2.69. The highest BCUT2D eigenvalue weighted by molar-refractivity contribution is 7.09. The van der Waals surface area contributed by atoms with Crippen LogP contribution in [-0.2, 0) is 6.42 Å². The molecule has 0 aliphatic rings. The van der Waals surface area contributed by atoms with E-state index in [1.54, 1.807) is 7.05 Å². The third kappa shape index (κ3) is 3.13. The number of rotatable bonds is 4. The van der Waals surface area contributed by atoms with E-state index < -0.39 is 23.5 Å². The van der Waals surface area contributed by atoms with Gasteiger partial charge in [-0.25, -0.2) is 18.2 Å². The van der Waals surface area contributed by atoms with Crippen LogP contribution in [0.2, 0.25) is 0 Å². The van der Waals surface area contributed by atoms with Gasteiger partial charge in [0.05, 0.1) is 5.01 Å². The summed E-state index contributed by atoms with van der Waals surface area (Å²) >= 11 is 1.43. The molecule has 1 N–H and O–H groups in total. The number of nitrogens with zero attached hydrogens (tertiary/aromatic N) is 1. The summed E-state index contributed by atoms with van der Waals surface area (Å²) in [4.78, 5) is 4.26. The Morgan fingerprint density at radius 1 is 1.26 bits per heavy atom. The average Bonchev–Trinajstić information content (AvgIpc) is 2.72. The van der Waals surface area contributed by atoms with Gasteiger partial charge in [0.15, 0.2) is 0 Å². The fraction of sp³-hybridized carbons (Fsp3) is 0.308. The van der Waals surface area contributed by atoms with E-state index in [2.05, 4.69) is 10.3 Å². The fourth-order valence-electron chi connectivity index (χ4n) is 1.91. The maximum Gasteiger partial charge on any atom is 0.133 e. The van der Waals surface area contributed by atoms with Crippen molar-refractivity contribution in [2.45, 2.75) is 19.4 Å². The summed E-state index contributed by atoms with van der Waals surface area (Å²) in [7, 11) is 1.60. The van der Waals surface area contributed by atoms with Gasteiger partial charge in [0.1, 0.15) is 17.5 Å². The number of benzene rings is 1. The molecule has 0 saturated heterocycles. The van der Waals surface area contributed by atoms with Crippen LogP contribution in [-0.4, -0.2) is 12.0 Å². The molecule has 2 nitrogen and oxygen atoms in total. The van der Waals surface area contributed by atoms with E-state index >= 15 is 0 Å². The van der Waals surface area contributed by atoms with Gasteiger partial charge in [0.25, 0.3) is 0 Å². The van der Waals surface area contributed by atoms with Crippen molar-refractivity contribution in [3.05, 3.63) is 51.2 Å². The van der Waals surface area contributed by atoms with E-state index in [1.807, 2.05) is 12.3 Å².